The van der Waals surface area contributed by atoms with Crippen LogP contribution in [0.4, 0.5) is 5.69 Å². The minimum absolute atomic E-state index is 0.0801. The average Bonchev–Trinajstić information content (AvgIpc) is 2.82. The van der Waals surface area contributed by atoms with Gasteiger partial charge in [-0.05, 0) is 37.2 Å². The van der Waals surface area contributed by atoms with Crippen molar-refractivity contribution in [2.75, 3.05) is 25.0 Å². The van der Waals surface area contributed by atoms with Gasteiger partial charge < -0.3 is 15.5 Å². The number of benzene rings is 1. The fraction of sp³-hybridized carbons (Fsp3) is 0.412. The van der Waals surface area contributed by atoms with Crippen LogP contribution in [0, 0.1) is 0 Å². The van der Waals surface area contributed by atoms with Crippen LogP contribution >= 0.6 is 12.2 Å². The maximum Gasteiger partial charge on any atom is 0.255 e. The maximum absolute atomic E-state index is 12.8. The zero-order valence-corrected chi connectivity index (χ0v) is 13.6. The van der Waals surface area contributed by atoms with Gasteiger partial charge in [0, 0.05) is 19.6 Å². The van der Waals surface area contributed by atoms with Crippen LogP contribution in [-0.4, -0.2) is 35.6 Å². The number of nitrogens with zero attached hydrogens (tertiary/aromatic N) is 1. The number of hydrogen-bond acceptors (Lipinski definition) is 2. The van der Waals surface area contributed by atoms with Gasteiger partial charge in [0.2, 0.25) is 0 Å². The van der Waals surface area contributed by atoms with Crippen molar-refractivity contribution >= 4 is 28.9 Å². The fourth-order valence-corrected chi connectivity index (χ4v) is 2.75. The molecule has 22 heavy (non-hydrogen) atoms. The highest BCUT2D eigenvalue weighted by atomic mass is 32.1. The molecule has 0 aliphatic carbocycles. The molecule has 0 saturated carbocycles. The summed E-state index contributed by atoms with van der Waals surface area (Å²) in [4.78, 5) is 14.7. The molecule has 1 heterocycles. The molecule has 1 aromatic rings. The molecule has 1 aromatic carbocycles. The molecule has 0 bridgehead atoms. The van der Waals surface area contributed by atoms with E-state index in [-0.39, 0.29) is 5.91 Å². The number of carbonyl (C=O) groups is 1. The molecule has 1 aliphatic rings. The molecule has 4 nitrogen and oxygen atoms in total. The molecule has 1 aliphatic heterocycles. The standard InChI is InChI=1S/C17H23N3OS/c1-2-11-18-17(22)19-15-10-6-5-9-14(15)16(21)20-12-7-3-4-8-13-20/h2,5-6,9-10H,1,3-4,7-8,11-13H2,(H2,18,19,22). The number of anilines is 1. The molecule has 0 spiro atoms. The van der Waals surface area contributed by atoms with Crippen molar-refractivity contribution in [3.05, 3.63) is 42.5 Å². The van der Waals surface area contributed by atoms with Crippen LogP contribution in [0.25, 0.3) is 0 Å². The zero-order chi connectivity index (χ0) is 15.8. The van der Waals surface area contributed by atoms with Crippen molar-refractivity contribution in [3.8, 4) is 0 Å². The van der Waals surface area contributed by atoms with E-state index in [2.05, 4.69) is 17.2 Å². The highest BCUT2D eigenvalue weighted by Crippen LogP contribution is 2.19. The molecule has 118 valence electrons. The lowest BCUT2D eigenvalue weighted by Crippen LogP contribution is -2.33. The van der Waals surface area contributed by atoms with E-state index in [4.69, 9.17) is 12.2 Å². The number of hydrogen-bond donors (Lipinski definition) is 2. The minimum Gasteiger partial charge on any atom is -0.359 e. The van der Waals surface area contributed by atoms with E-state index >= 15 is 0 Å². The quantitative estimate of drug-likeness (QED) is 0.661. The lowest BCUT2D eigenvalue weighted by atomic mass is 10.1. The average molecular weight is 317 g/mol. The molecular formula is C17H23N3OS. The summed E-state index contributed by atoms with van der Waals surface area (Å²) in [5, 5.41) is 6.62. The second-order valence-corrected chi connectivity index (χ2v) is 5.78. The van der Waals surface area contributed by atoms with Crippen LogP contribution in [0.5, 0.6) is 0 Å². The zero-order valence-electron chi connectivity index (χ0n) is 12.8. The summed E-state index contributed by atoms with van der Waals surface area (Å²) < 4.78 is 0. The number of nitrogens with one attached hydrogen (secondary N) is 2. The van der Waals surface area contributed by atoms with E-state index in [1.165, 1.54) is 12.8 Å². The summed E-state index contributed by atoms with van der Waals surface area (Å²) in [6.45, 7) is 5.92. The predicted molar refractivity (Wildman–Crippen MR) is 95.2 cm³/mol. The van der Waals surface area contributed by atoms with E-state index in [0.717, 1.165) is 31.6 Å². The van der Waals surface area contributed by atoms with Gasteiger partial charge in [-0.15, -0.1) is 6.58 Å². The third kappa shape index (κ3) is 4.56. The summed E-state index contributed by atoms with van der Waals surface area (Å²) in [5.41, 5.74) is 1.42. The number of amides is 1. The SMILES string of the molecule is C=CCNC(=S)Nc1ccccc1C(=O)N1CCCCCC1. The highest BCUT2D eigenvalue weighted by Gasteiger charge is 2.19. The van der Waals surface area contributed by atoms with Gasteiger partial charge in [-0.2, -0.15) is 0 Å². The number of rotatable bonds is 4. The second-order valence-electron chi connectivity index (χ2n) is 5.38. The molecule has 0 aromatic heterocycles. The Morgan fingerprint density at radius 2 is 1.91 bits per heavy atom. The Morgan fingerprint density at radius 1 is 1.23 bits per heavy atom. The number of likely N-dealkylation sites (tertiary alicyclic amines) is 1. The second kappa shape index (κ2) is 8.54. The van der Waals surface area contributed by atoms with Crippen molar-refractivity contribution in [1.29, 1.82) is 0 Å². The van der Waals surface area contributed by atoms with Crippen LogP contribution < -0.4 is 10.6 Å². The lowest BCUT2D eigenvalue weighted by Gasteiger charge is -2.22. The van der Waals surface area contributed by atoms with E-state index in [0.29, 0.717) is 17.2 Å². The Morgan fingerprint density at radius 3 is 2.59 bits per heavy atom. The Hall–Kier alpha value is -1.88. The van der Waals surface area contributed by atoms with Crippen molar-refractivity contribution in [2.24, 2.45) is 0 Å². The van der Waals surface area contributed by atoms with Gasteiger partial charge in [0.1, 0.15) is 0 Å². The Balaban J connectivity index is 2.11. The van der Waals surface area contributed by atoms with Crippen LogP contribution in [0.3, 0.4) is 0 Å². The van der Waals surface area contributed by atoms with Gasteiger partial charge in [-0.25, -0.2) is 0 Å². The molecular weight excluding hydrogens is 294 g/mol. The van der Waals surface area contributed by atoms with E-state index in [1.807, 2.05) is 29.2 Å². The van der Waals surface area contributed by atoms with Crippen molar-refractivity contribution in [1.82, 2.24) is 10.2 Å². The fourth-order valence-electron chi connectivity index (χ4n) is 2.55. The molecule has 2 N–H and O–H groups in total. The first-order chi connectivity index (χ1) is 10.7. The highest BCUT2D eigenvalue weighted by molar-refractivity contribution is 7.80. The summed E-state index contributed by atoms with van der Waals surface area (Å²) in [6.07, 6.45) is 6.32. The molecule has 2 rings (SSSR count). The predicted octanol–water partition coefficient (Wildman–Crippen LogP) is 3.18. The number of thiocarbonyl (C=S) groups is 1. The largest absolute Gasteiger partial charge is 0.359 e. The number of para-hydroxylation sites is 1. The van der Waals surface area contributed by atoms with Gasteiger partial charge in [0.25, 0.3) is 5.91 Å². The normalized spacial score (nSPS) is 14.8. The third-order valence-electron chi connectivity index (χ3n) is 3.71. The molecule has 0 radical (unpaired) electrons. The summed E-state index contributed by atoms with van der Waals surface area (Å²) >= 11 is 5.23. The summed E-state index contributed by atoms with van der Waals surface area (Å²) in [6, 6.07) is 7.52. The van der Waals surface area contributed by atoms with Gasteiger partial charge in [-0.3, -0.25) is 4.79 Å². The smallest absolute Gasteiger partial charge is 0.255 e. The molecule has 1 saturated heterocycles. The van der Waals surface area contributed by atoms with Crippen LogP contribution in [-0.2, 0) is 0 Å². The van der Waals surface area contributed by atoms with Crippen LogP contribution in [0.1, 0.15) is 36.0 Å². The number of carbonyl (C=O) groups excluding carboxylic acids is 1. The van der Waals surface area contributed by atoms with E-state index < -0.39 is 0 Å². The van der Waals surface area contributed by atoms with E-state index in [9.17, 15) is 4.79 Å². The Labute approximate surface area is 137 Å². The topological polar surface area (TPSA) is 44.4 Å². The molecule has 5 heteroatoms. The van der Waals surface area contributed by atoms with Crippen LogP contribution in [0.2, 0.25) is 0 Å². The Bertz CT molecular complexity index is 536. The first kappa shape index (κ1) is 16.5. The van der Waals surface area contributed by atoms with Gasteiger partial charge in [-0.1, -0.05) is 31.1 Å². The molecule has 1 amide bonds. The van der Waals surface area contributed by atoms with Gasteiger partial charge >= 0.3 is 0 Å². The summed E-state index contributed by atoms with van der Waals surface area (Å²) in [5.74, 6) is 0.0801. The maximum atomic E-state index is 12.8. The minimum atomic E-state index is 0.0801. The molecule has 1 fully saturated rings. The van der Waals surface area contributed by atoms with Crippen LogP contribution in [0.15, 0.2) is 36.9 Å². The summed E-state index contributed by atoms with van der Waals surface area (Å²) in [7, 11) is 0. The molecule has 0 atom stereocenters. The van der Waals surface area contributed by atoms with Crippen molar-refractivity contribution < 1.29 is 4.79 Å². The van der Waals surface area contributed by atoms with E-state index in [1.54, 1.807) is 6.08 Å². The van der Waals surface area contributed by atoms with Crippen molar-refractivity contribution in [3.63, 3.8) is 0 Å². The first-order valence-corrected chi connectivity index (χ1v) is 8.17. The van der Waals surface area contributed by atoms with Gasteiger partial charge in [0.15, 0.2) is 5.11 Å². The lowest BCUT2D eigenvalue weighted by molar-refractivity contribution is 0.0762. The third-order valence-corrected chi connectivity index (χ3v) is 3.95. The van der Waals surface area contributed by atoms with Gasteiger partial charge in [0.05, 0.1) is 11.3 Å². The molecule has 0 unspecified atom stereocenters. The Kier molecular flexibility index (Phi) is 6.40. The monoisotopic (exact) mass is 317 g/mol. The van der Waals surface area contributed by atoms with Crippen molar-refractivity contribution in [2.45, 2.75) is 25.7 Å². The first-order valence-electron chi connectivity index (χ1n) is 7.76.